The first kappa shape index (κ1) is 20.4. The van der Waals surface area contributed by atoms with E-state index in [1.807, 2.05) is 0 Å². The van der Waals surface area contributed by atoms with Crippen molar-refractivity contribution in [2.45, 2.75) is 21.6 Å². The smallest absolute Gasteiger partial charge is 0.285 e. The fourth-order valence-electron chi connectivity index (χ4n) is 2.11. The molecule has 2 rings (SSSR count). The summed E-state index contributed by atoms with van der Waals surface area (Å²) >= 11 is 0.778. The molecular formula is C15H14N4O6S2. The number of carbonyl (C=O) groups is 2. The predicted molar refractivity (Wildman–Crippen MR) is 97.9 cm³/mol. The Bertz CT molecular complexity index is 1040. The minimum absolute atomic E-state index is 0.250. The Morgan fingerprint density at radius 2 is 1.78 bits per heavy atom. The van der Waals surface area contributed by atoms with Crippen molar-refractivity contribution in [1.29, 1.82) is 0 Å². The molecule has 0 fully saturated rings. The van der Waals surface area contributed by atoms with Gasteiger partial charge in [0.05, 0.1) is 4.92 Å². The number of anilines is 1. The lowest BCUT2D eigenvalue weighted by molar-refractivity contribution is -0.388. The minimum atomic E-state index is -4.38. The predicted octanol–water partition coefficient (Wildman–Crippen LogP) is 1.45. The summed E-state index contributed by atoms with van der Waals surface area (Å²) in [7, 11) is -4.38. The van der Waals surface area contributed by atoms with Gasteiger partial charge in [-0.05, 0) is 30.3 Å². The number of nitro benzene ring substituents is 1. The van der Waals surface area contributed by atoms with E-state index in [-0.39, 0.29) is 16.4 Å². The van der Waals surface area contributed by atoms with Gasteiger partial charge >= 0.3 is 0 Å². The topological polar surface area (TPSA) is 175 Å². The highest BCUT2D eigenvalue weighted by atomic mass is 32.2. The van der Waals surface area contributed by atoms with Crippen LogP contribution < -0.4 is 16.2 Å². The van der Waals surface area contributed by atoms with Gasteiger partial charge in [-0.3, -0.25) is 19.7 Å². The van der Waals surface area contributed by atoms with Crippen LogP contribution in [0.4, 0.5) is 11.4 Å². The molecule has 5 N–H and O–H groups in total. The highest BCUT2D eigenvalue weighted by molar-refractivity contribution is 8.00. The standard InChI is InChI=1S/C15H14N4O6S2/c1-8(20)18-10-2-4-11(5-3-10)26-14-12(19(22)23)6-9(15(16)21)7-13(14)27(17,24)25/h2-7H,1H3,(H2,16,21)(H,18,20)(H2,17,24,25). The molecule has 0 atom stereocenters. The number of nitrogens with one attached hydrogen (secondary N) is 1. The van der Waals surface area contributed by atoms with Crippen LogP contribution in [0.5, 0.6) is 0 Å². The van der Waals surface area contributed by atoms with Crippen LogP contribution in [-0.2, 0) is 14.8 Å². The van der Waals surface area contributed by atoms with E-state index in [4.69, 9.17) is 10.9 Å². The average molecular weight is 410 g/mol. The van der Waals surface area contributed by atoms with Crippen LogP contribution in [0, 0.1) is 10.1 Å². The fourth-order valence-corrected chi connectivity index (χ4v) is 4.14. The fraction of sp³-hybridized carbons (Fsp3) is 0.0667. The van der Waals surface area contributed by atoms with E-state index in [2.05, 4.69) is 5.32 Å². The van der Waals surface area contributed by atoms with E-state index in [1.165, 1.54) is 19.1 Å². The summed E-state index contributed by atoms with van der Waals surface area (Å²) in [6.07, 6.45) is 0. The number of rotatable bonds is 6. The van der Waals surface area contributed by atoms with Crippen molar-refractivity contribution in [3.63, 3.8) is 0 Å². The summed E-state index contributed by atoms with van der Waals surface area (Å²) in [5, 5.41) is 19.1. The maximum atomic E-state index is 11.9. The molecule has 0 aliphatic heterocycles. The third-order valence-electron chi connectivity index (χ3n) is 3.22. The number of amides is 2. The summed E-state index contributed by atoms with van der Waals surface area (Å²) in [6.45, 7) is 1.34. The van der Waals surface area contributed by atoms with Crippen molar-refractivity contribution in [3.8, 4) is 0 Å². The molecule has 0 unspecified atom stereocenters. The zero-order valence-corrected chi connectivity index (χ0v) is 15.5. The Labute approximate surface area is 158 Å². The molecule has 0 heterocycles. The summed E-state index contributed by atoms with van der Waals surface area (Å²) in [4.78, 5) is 32.6. The number of benzene rings is 2. The largest absolute Gasteiger partial charge is 0.366 e. The SMILES string of the molecule is CC(=O)Nc1ccc(Sc2c([N+](=O)[O-])cc(C(N)=O)cc2S(N)(=O)=O)cc1. The van der Waals surface area contributed by atoms with Gasteiger partial charge in [0.25, 0.3) is 5.69 Å². The van der Waals surface area contributed by atoms with Crippen molar-refractivity contribution in [2.75, 3.05) is 5.32 Å². The van der Waals surface area contributed by atoms with Gasteiger partial charge in [0.2, 0.25) is 21.8 Å². The van der Waals surface area contributed by atoms with Gasteiger partial charge < -0.3 is 11.1 Å². The zero-order chi connectivity index (χ0) is 20.4. The number of primary sulfonamides is 1. The van der Waals surface area contributed by atoms with Gasteiger partial charge in [-0.15, -0.1) is 0 Å². The van der Waals surface area contributed by atoms with E-state index in [0.717, 1.165) is 23.9 Å². The van der Waals surface area contributed by atoms with Crippen molar-refractivity contribution in [1.82, 2.24) is 0 Å². The van der Waals surface area contributed by atoms with E-state index in [1.54, 1.807) is 12.1 Å². The molecule has 142 valence electrons. The lowest BCUT2D eigenvalue weighted by Crippen LogP contribution is -2.17. The molecule has 12 heteroatoms. The van der Waals surface area contributed by atoms with Gasteiger partial charge in [-0.1, -0.05) is 11.8 Å². The maximum Gasteiger partial charge on any atom is 0.285 e. The summed E-state index contributed by atoms with van der Waals surface area (Å²) in [5.41, 5.74) is 4.64. The normalized spacial score (nSPS) is 11.0. The number of nitrogens with two attached hydrogens (primary N) is 2. The van der Waals surface area contributed by atoms with E-state index < -0.39 is 31.4 Å². The van der Waals surface area contributed by atoms with Crippen LogP contribution in [0.2, 0.25) is 0 Å². The number of sulfonamides is 1. The third kappa shape index (κ3) is 5.03. The Hall–Kier alpha value is -2.96. The molecule has 0 saturated heterocycles. The van der Waals surface area contributed by atoms with Crippen LogP contribution >= 0.6 is 11.8 Å². The van der Waals surface area contributed by atoms with Crippen molar-refractivity contribution >= 4 is 45.0 Å². The molecule has 2 aromatic carbocycles. The number of carbonyl (C=O) groups excluding carboxylic acids is 2. The van der Waals surface area contributed by atoms with Gasteiger partial charge in [-0.2, -0.15) is 0 Å². The first-order chi connectivity index (χ1) is 12.5. The molecule has 0 aliphatic rings. The average Bonchev–Trinajstić information content (AvgIpc) is 2.54. The Morgan fingerprint density at radius 3 is 2.22 bits per heavy atom. The van der Waals surface area contributed by atoms with Gasteiger partial charge in [0, 0.05) is 29.1 Å². The molecule has 10 nitrogen and oxygen atoms in total. The molecule has 2 aromatic rings. The Morgan fingerprint density at radius 1 is 1.19 bits per heavy atom. The van der Waals surface area contributed by atoms with Crippen LogP contribution in [0.1, 0.15) is 17.3 Å². The van der Waals surface area contributed by atoms with Crippen LogP contribution in [-0.4, -0.2) is 25.2 Å². The van der Waals surface area contributed by atoms with Gasteiger partial charge in [0.15, 0.2) is 0 Å². The minimum Gasteiger partial charge on any atom is -0.366 e. The van der Waals surface area contributed by atoms with Gasteiger partial charge in [0.1, 0.15) is 9.79 Å². The molecule has 0 radical (unpaired) electrons. The molecule has 0 bridgehead atoms. The monoisotopic (exact) mass is 410 g/mol. The molecule has 0 aliphatic carbocycles. The quantitative estimate of drug-likeness (QED) is 0.477. The highest BCUT2D eigenvalue weighted by Crippen LogP contribution is 2.40. The number of primary amides is 1. The van der Waals surface area contributed by atoms with Crippen molar-refractivity contribution in [3.05, 3.63) is 52.1 Å². The Kier molecular flexibility index (Phi) is 5.83. The molecule has 0 aromatic heterocycles. The summed E-state index contributed by atoms with van der Waals surface area (Å²) < 4.78 is 23.8. The zero-order valence-electron chi connectivity index (χ0n) is 13.8. The molecular weight excluding hydrogens is 396 g/mol. The second-order valence-electron chi connectivity index (χ2n) is 5.30. The van der Waals surface area contributed by atoms with Crippen LogP contribution in [0.3, 0.4) is 0 Å². The first-order valence-electron chi connectivity index (χ1n) is 7.19. The third-order valence-corrected chi connectivity index (χ3v) is 5.42. The molecule has 27 heavy (non-hydrogen) atoms. The summed E-state index contributed by atoms with van der Waals surface area (Å²) in [6, 6.07) is 7.96. The molecule has 2 amide bonds. The van der Waals surface area contributed by atoms with E-state index >= 15 is 0 Å². The van der Waals surface area contributed by atoms with E-state index in [9.17, 15) is 28.1 Å². The molecule has 0 saturated carbocycles. The number of hydrogen-bond donors (Lipinski definition) is 3. The maximum absolute atomic E-state index is 11.9. The molecule has 0 spiro atoms. The first-order valence-corrected chi connectivity index (χ1v) is 9.56. The van der Waals surface area contributed by atoms with E-state index in [0.29, 0.717) is 10.6 Å². The summed E-state index contributed by atoms with van der Waals surface area (Å²) in [5.74, 6) is -1.30. The second kappa shape index (κ2) is 7.73. The second-order valence-corrected chi connectivity index (χ2v) is 7.91. The highest BCUT2D eigenvalue weighted by Gasteiger charge is 2.27. The van der Waals surface area contributed by atoms with Crippen molar-refractivity contribution < 1.29 is 22.9 Å². The van der Waals surface area contributed by atoms with Crippen molar-refractivity contribution in [2.24, 2.45) is 10.9 Å². The lowest BCUT2D eigenvalue weighted by Gasteiger charge is -2.10. The van der Waals surface area contributed by atoms with Crippen LogP contribution in [0.25, 0.3) is 0 Å². The number of nitrogens with zero attached hydrogens (tertiary/aromatic N) is 1. The number of hydrogen-bond acceptors (Lipinski definition) is 7. The lowest BCUT2D eigenvalue weighted by atomic mass is 10.2. The Balaban J connectivity index is 2.59. The van der Waals surface area contributed by atoms with Gasteiger partial charge in [-0.25, -0.2) is 13.6 Å². The van der Waals surface area contributed by atoms with Crippen LogP contribution in [0.15, 0.2) is 51.1 Å². The number of nitro groups is 1.